The van der Waals surface area contributed by atoms with Crippen LogP contribution in [0, 0.1) is 0 Å². The minimum atomic E-state index is -0.0458. The fourth-order valence-electron chi connectivity index (χ4n) is 3.66. The summed E-state index contributed by atoms with van der Waals surface area (Å²) in [6.07, 6.45) is 2.20. The van der Waals surface area contributed by atoms with Gasteiger partial charge in [-0.05, 0) is 42.3 Å². The summed E-state index contributed by atoms with van der Waals surface area (Å²) in [4.78, 5) is 32.0. The van der Waals surface area contributed by atoms with Gasteiger partial charge >= 0.3 is 0 Å². The number of rotatable bonds is 5. The van der Waals surface area contributed by atoms with Crippen molar-refractivity contribution in [3.8, 4) is 11.4 Å². The molecule has 0 radical (unpaired) electrons. The number of carbonyl (C=O) groups is 2. The molecule has 2 aliphatic rings. The lowest BCUT2D eigenvalue weighted by atomic mass is 10.2. The summed E-state index contributed by atoms with van der Waals surface area (Å²) in [7, 11) is 0. The van der Waals surface area contributed by atoms with Crippen LogP contribution in [0.1, 0.15) is 12.8 Å². The van der Waals surface area contributed by atoms with Gasteiger partial charge < -0.3 is 9.80 Å². The average molecular weight is 418 g/mol. The van der Waals surface area contributed by atoms with E-state index in [2.05, 4.69) is 20.3 Å². The molecular weight excluding hydrogens is 394 g/mol. The standard InChI is InChI=1S/C19H24ClN7O2/c20-16-5-3-15(4-6-16)19-21-23-27(22-19)14-18(29)26-11-9-24(10-12-26)13-17(28)25-7-1-2-8-25/h3-6H,1-2,7-14H2. The van der Waals surface area contributed by atoms with Crippen molar-refractivity contribution in [2.24, 2.45) is 0 Å². The molecule has 2 fully saturated rings. The number of tetrazole rings is 1. The molecule has 0 saturated carbocycles. The summed E-state index contributed by atoms with van der Waals surface area (Å²) in [5, 5.41) is 12.9. The van der Waals surface area contributed by atoms with Crippen LogP contribution in [-0.4, -0.2) is 92.5 Å². The molecule has 9 nitrogen and oxygen atoms in total. The van der Waals surface area contributed by atoms with Crippen LogP contribution in [0.25, 0.3) is 11.4 Å². The fourth-order valence-corrected chi connectivity index (χ4v) is 3.78. The van der Waals surface area contributed by atoms with Gasteiger partial charge in [0.2, 0.25) is 17.6 Å². The molecule has 154 valence electrons. The van der Waals surface area contributed by atoms with E-state index in [-0.39, 0.29) is 18.4 Å². The molecule has 0 aliphatic carbocycles. The minimum Gasteiger partial charge on any atom is -0.342 e. The van der Waals surface area contributed by atoms with Crippen LogP contribution < -0.4 is 0 Å². The third-order valence-electron chi connectivity index (χ3n) is 5.37. The highest BCUT2D eigenvalue weighted by Gasteiger charge is 2.25. The molecule has 2 amide bonds. The topological polar surface area (TPSA) is 87.5 Å². The minimum absolute atomic E-state index is 0.0458. The molecular formula is C19H24ClN7O2. The van der Waals surface area contributed by atoms with Crippen LogP contribution in [0.3, 0.4) is 0 Å². The number of hydrogen-bond acceptors (Lipinski definition) is 6. The van der Waals surface area contributed by atoms with E-state index in [1.165, 1.54) is 4.80 Å². The lowest BCUT2D eigenvalue weighted by Crippen LogP contribution is -2.52. The lowest BCUT2D eigenvalue weighted by molar-refractivity contribution is -0.135. The zero-order valence-corrected chi connectivity index (χ0v) is 17.0. The van der Waals surface area contributed by atoms with Crippen molar-refractivity contribution < 1.29 is 9.59 Å². The fraction of sp³-hybridized carbons (Fsp3) is 0.526. The number of likely N-dealkylation sites (tertiary alicyclic amines) is 1. The Labute approximate surface area is 174 Å². The quantitative estimate of drug-likeness (QED) is 0.713. The molecule has 1 aromatic carbocycles. The molecule has 29 heavy (non-hydrogen) atoms. The Hall–Kier alpha value is -2.52. The van der Waals surface area contributed by atoms with Gasteiger partial charge in [0.25, 0.3) is 0 Å². The molecule has 1 aromatic heterocycles. The molecule has 0 spiro atoms. The SMILES string of the molecule is O=C(CN1CCN(C(=O)Cn2nnc(-c3ccc(Cl)cc3)n2)CC1)N1CCCC1. The number of nitrogens with zero attached hydrogens (tertiary/aromatic N) is 7. The highest BCUT2D eigenvalue weighted by Crippen LogP contribution is 2.17. The Morgan fingerprint density at radius 2 is 1.48 bits per heavy atom. The number of amides is 2. The Balaban J connectivity index is 1.26. The van der Waals surface area contributed by atoms with Crippen molar-refractivity contribution in [1.29, 1.82) is 0 Å². The van der Waals surface area contributed by atoms with Crippen molar-refractivity contribution in [1.82, 2.24) is 34.9 Å². The van der Waals surface area contributed by atoms with Crippen LogP contribution >= 0.6 is 11.6 Å². The number of benzene rings is 1. The maximum absolute atomic E-state index is 12.6. The van der Waals surface area contributed by atoms with E-state index in [9.17, 15) is 9.59 Å². The molecule has 0 bridgehead atoms. The van der Waals surface area contributed by atoms with E-state index in [4.69, 9.17) is 11.6 Å². The smallest absolute Gasteiger partial charge is 0.246 e. The van der Waals surface area contributed by atoms with Gasteiger partial charge in [-0.2, -0.15) is 4.80 Å². The van der Waals surface area contributed by atoms with Crippen molar-refractivity contribution in [2.45, 2.75) is 19.4 Å². The summed E-state index contributed by atoms with van der Waals surface area (Å²) in [5.74, 6) is 0.610. The summed E-state index contributed by atoms with van der Waals surface area (Å²) in [6.45, 7) is 4.85. The van der Waals surface area contributed by atoms with Crippen molar-refractivity contribution in [3.63, 3.8) is 0 Å². The van der Waals surface area contributed by atoms with E-state index in [1.54, 1.807) is 17.0 Å². The molecule has 4 rings (SSSR count). The third-order valence-corrected chi connectivity index (χ3v) is 5.63. The molecule has 2 aromatic rings. The largest absolute Gasteiger partial charge is 0.342 e. The van der Waals surface area contributed by atoms with Crippen LogP contribution in [0.2, 0.25) is 5.02 Å². The highest BCUT2D eigenvalue weighted by atomic mass is 35.5. The van der Waals surface area contributed by atoms with E-state index in [0.717, 1.165) is 31.5 Å². The number of halogens is 1. The second-order valence-corrected chi connectivity index (χ2v) is 7.83. The normalized spacial score (nSPS) is 17.7. The number of piperazine rings is 1. The molecule has 10 heteroatoms. The van der Waals surface area contributed by atoms with E-state index < -0.39 is 0 Å². The third kappa shape index (κ3) is 4.91. The molecule has 0 atom stereocenters. The lowest BCUT2D eigenvalue weighted by Gasteiger charge is -2.34. The van der Waals surface area contributed by atoms with Gasteiger partial charge in [-0.3, -0.25) is 14.5 Å². The average Bonchev–Trinajstić information content (AvgIpc) is 3.41. The zero-order chi connectivity index (χ0) is 20.2. The Kier molecular flexibility index (Phi) is 6.05. The van der Waals surface area contributed by atoms with Gasteiger partial charge in [0.05, 0.1) is 6.54 Å². The number of aromatic nitrogens is 4. The second kappa shape index (κ2) is 8.87. The van der Waals surface area contributed by atoms with E-state index >= 15 is 0 Å². The predicted octanol–water partition coefficient (Wildman–Crippen LogP) is 0.760. The molecule has 3 heterocycles. The summed E-state index contributed by atoms with van der Waals surface area (Å²) < 4.78 is 0. The molecule has 0 N–H and O–H groups in total. The van der Waals surface area contributed by atoms with Gasteiger partial charge in [0.15, 0.2) is 0 Å². The first-order chi connectivity index (χ1) is 14.1. The van der Waals surface area contributed by atoms with Crippen LogP contribution in [0.15, 0.2) is 24.3 Å². The van der Waals surface area contributed by atoms with Gasteiger partial charge in [-0.15, -0.1) is 10.2 Å². The summed E-state index contributed by atoms with van der Waals surface area (Å²) in [5.41, 5.74) is 0.796. The van der Waals surface area contributed by atoms with Gasteiger partial charge in [0.1, 0.15) is 6.54 Å². The van der Waals surface area contributed by atoms with Crippen LogP contribution in [0.4, 0.5) is 0 Å². The predicted molar refractivity (Wildman–Crippen MR) is 107 cm³/mol. The first kappa shape index (κ1) is 19.8. The molecule has 0 unspecified atom stereocenters. The highest BCUT2D eigenvalue weighted by molar-refractivity contribution is 6.30. The number of carbonyl (C=O) groups excluding carboxylic acids is 2. The van der Waals surface area contributed by atoms with Crippen molar-refractivity contribution in [2.75, 3.05) is 45.8 Å². The summed E-state index contributed by atoms with van der Waals surface area (Å²) in [6, 6.07) is 7.15. The Bertz CT molecular complexity index is 856. The maximum atomic E-state index is 12.6. The van der Waals surface area contributed by atoms with Gasteiger partial charge in [-0.1, -0.05) is 11.6 Å². The molecule has 2 saturated heterocycles. The second-order valence-electron chi connectivity index (χ2n) is 7.40. The first-order valence-electron chi connectivity index (χ1n) is 9.90. The van der Waals surface area contributed by atoms with Crippen LogP contribution in [-0.2, 0) is 16.1 Å². The Morgan fingerprint density at radius 1 is 0.862 bits per heavy atom. The maximum Gasteiger partial charge on any atom is 0.246 e. The summed E-state index contributed by atoms with van der Waals surface area (Å²) >= 11 is 5.89. The van der Waals surface area contributed by atoms with Gasteiger partial charge in [-0.25, -0.2) is 0 Å². The van der Waals surface area contributed by atoms with Crippen molar-refractivity contribution in [3.05, 3.63) is 29.3 Å². The monoisotopic (exact) mass is 417 g/mol. The van der Waals surface area contributed by atoms with E-state index in [0.29, 0.717) is 43.6 Å². The van der Waals surface area contributed by atoms with Gasteiger partial charge in [0, 0.05) is 49.9 Å². The van der Waals surface area contributed by atoms with Crippen LogP contribution in [0.5, 0.6) is 0 Å². The first-order valence-corrected chi connectivity index (χ1v) is 10.3. The van der Waals surface area contributed by atoms with Crippen molar-refractivity contribution >= 4 is 23.4 Å². The zero-order valence-electron chi connectivity index (χ0n) is 16.2. The number of hydrogen-bond donors (Lipinski definition) is 0. The Morgan fingerprint density at radius 3 is 2.17 bits per heavy atom. The molecule has 2 aliphatic heterocycles. The van der Waals surface area contributed by atoms with E-state index in [1.807, 2.05) is 17.0 Å².